The van der Waals surface area contributed by atoms with E-state index < -0.39 is 0 Å². The van der Waals surface area contributed by atoms with Crippen molar-refractivity contribution in [2.24, 2.45) is 5.92 Å². The van der Waals surface area contributed by atoms with Crippen LogP contribution in [-0.4, -0.2) is 38.7 Å². The van der Waals surface area contributed by atoms with Gasteiger partial charge in [0.15, 0.2) is 5.16 Å². The molecule has 0 N–H and O–H groups in total. The van der Waals surface area contributed by atoms with Crippen LogP contribution in [0.5, 0.6) is 0 Å². The maximum absolute atomic E-state index is 12.7. The van der Waals surface area contributed by atoms with Crippen LogP contribution in [0.25, 0.3) is 0 Å². The third-order valence-electron chi connectivity index (χ3n) is 4.43. The molecule has 3 rings (SSSR count). The van der Waals surface area contributed by atoms with Crippen LogP contribution >= 0.6 is 11.8 Å². The first kappa shape index (κ1) is 14.6. The van der Waals surface area contributed by atoms with E-state index in [1.165, 1.54) is 18.2 Å². The van der Waals surface area contributed by atoms with E-state index in [9.17, 15) is 9.59 Å². The first-order chi connectivity index (χ1) is 10.1. The van der Waals surface area contributed by atoms with Crippen LogP contribution in [0.3, 0.4) is 0 Å². The van der Waals surface area contributed by atoms with Crippen molar-refractivity contribution < 1.29 is 4.79 Å². The van der Waals surface area contributed by atoms with Gasteiger partial charge in [-0.2, -0.15) is 0 Å². The first-order valence-corrected chi connectivity index (χ1v) is 8.56. The van der Waals surface area contributed by atoms with Gasteiger partial charge in [-0.25, -0.2) is 4.98 Å². The van der Waals surface area contributed by atoms with Crippen LogP contribution in [0, 0.1) is 12.8 Å². The SMILES string of the molecule is Cc1cnc2n(c1=O)CC(C(=O)N1CCCCC1C)CS2. The normalized spacial score (nSPS) is 25.5. The monoisotopic (exact) mass is 307 g/mol. The van der Waals surface area contributed by atoms with E-state index in [0.29, 0.717) is 18.2 Å². The molecule has 0 aliphatic carbocycles. The van der Waals surface area contributed by atoms with Gasteiger partial charge < -0.3 is 4.90 Å². The molecule has 6 heteroatoms. The van der Waals surface area contributed by atoms with Gasteiger partial charge in [-0.05, 0) is 33.1 Å². The number of aromatic nitrogens is 2. The zero-order chi connectivity index (χ0) is 15.0. The first-order valence-electron chi connectivity index (χ1n) is 7.57. The molecule has 1 aromatic rings. The molecule has 114 valence electrons. The second-order valence-electron chi connectivity index (χ2n) is 6.02. The summed E-state index contributed by atoms with van der Waals surface area (Å²) in [5, 5.41) is 0.737. The predicted molar refractivity (Wildman–Crippen MR) is 82.5 cm³/mol. The van der Waals surface area contributed by atoms with Crippen LogP contribution in [0.15, 0.2) is 16.1 Å². The van der Waals surface area contributed by atoms with E-state index in [4.69, 9.17) is 0 Å². The van der Waals surface area contributed by atoms with Gasteiger partial charge in [-0.3, -0.25) is 14.2 Å². The maximum atomic E-state index is 12.7. The Morgan fingerprint density at radius 2 is 2.24 bits per heavy atom. The highest BCUT2D eigenvalue weighted by molar-refractivity contribution is 7.99. The van der Waals surface area contributed by atoms with Gasteiger partial charge in [0.2, 0.25) is 5.91 Å². The minimum Gasteiger partial charge on any atom is -0.340 e. The van der Waals surface area contributed by atoms with Crippen molar-refractivity contribution in [3.63, 3.8) is 0 Å². The van der Waals surface area contributed by atoms with Gasteiger partial charge in [0, 0.05) is 36.6 Å². The van der Waals surface area contributed by atoms with E-state index in [-0.39, 0.29) is 17.4 Å². The summed E-state index contributed by atoms with van der Waals surface area (Å²) in [6, 6.07) is 0.324. The molecule has 0 aromatic carbocycles. The van der Waals surface area contributed by atoms with Crippen LogP contribution in [0.4, 0.5) is 0 Å². The van der Waals surface area contributed by atoms with Crippen LogP contribution < -0.4 is 5.56 Å². The second-order valence-corrected chi connectivity index (χ2v) is 7.01. The highest BCUT2D eigenvalue weighted by Crippen LogP contribution is 2.28. The lowest BCUT2D eigenvalue weighted by atomic mass is 10.0. The van der Waals surface area contributed by atoms with E-state index in [2.05, 4.69) is 11.9 Å². The fourth-order valence-electron chi connectivity index (χ4n) is 3.11. The summed E-state index contributed by atoms with van der Waals surface area (Å²) in [7, 11) is 0. The molecule has 1 amide bonds. The van der Waals surface area contributed by atoms with Crippen molar-refractivity contribution in [1.82, 2.24) is 14.5 Å². The fourth-order valence-corrected chi connectivity index (χ4v) is 4.15. The van der Waals surface area contributed by atoms with E-state index in [1.807, 2.05) is 4.90 Å². The van der Waals surface area contributed by atoms with E-state index in [0.717, 1.165) is 30.3 Å². The van der Waals surface area contributed by atoms with Crippen molar-refractivity contribution in [3.05, 3.63) is 22.1 Å². The van der Waals surface area contributed by atoms with Crippen LogP contribution in [0.1, 0.15) is 31.7 Å². The number of rotatable bonds is 1. The molecule has 2 unspecified atom stereocenters. The van der Waals surface area contributed by atoms with Gasteiger partial charge in [0.1, 0.15) is 0 Å². The van der Waals surface area contributed by atoms with Crippen molar-refractivity contribution in [1.29, 1.82) is 0 Å². The van der Waals surface area contributed by atoms with E-state index in [1.54, 1.807) is 17.7 Å². The molecule has 2 aliphatic rings. The number of nitrogens with zero attached hydrogens (tertiary/aromatic N) is 3. The lowest BCUT2D eigenvalue weighted by molar-refractivity contribution is -0.138. The summed E-state index contributed by atoms with van der Waals surface area (Å²) in [5.41, 5.74) is 0.621. The van der Waals surface area contributed by atoms with Crippen LogP contribution in [0.2, 0.25) is 0 Å². The molecule has 0 radical (unpaired) electrons. The maximum Gasteiger partial charge on any atom is 0.257 e. The average Bonchev–Trinajstić information content (AvgIpc) is 2.50. The summed E-state index contributed by atoms with van der Waals surface area (Å²) in [5.74, 6) is 0.815. The highest BCUT2D eigenvalue weighted by Gasteiger charge is 2.32. The third kappa shape index (κ3) is 2.73. The van der Waals surface area contributed by atoms with Crippen molar-refractivity contribution in [2.75, 3.05) is 12.3 Å². The highest BCUT2D eigenvalue weighted by atomic mass is 32.2. The van der Waals surface area contributed by atoms with Crippen molar-refractivity contribution in [3.8, 4) is 0 Å². The second kappa shape index (κ2) is 5.83. The molecule has 0 bridgehead atoms. The number of likely N-dealkylation sites (tertiary alicyclic amines) is 1. The molecule has 0 saturated carbocycles. The van der Waals surface area contributed by atoms with Gasteiger partial charge in [-0.1, -0.05) is 11.8 Å². The lowest BCUT2D eigenvalue weighted by Crippen LogP contribution is -2.48. The molecule has 2 atom stereocenters. The molecule has 21 heavy (non-hydrogen) atoms. The molecular formula is C15H21N3O2S. The molecular weight excluding hydrogens is 286 g/mol. The van der Waals surface area contributed by atoms with E-state index >= 15 is 0 Å². The number of carbonyl (C=O) groups is 1. The van der Waals surface area contributed by atoms with Gasteiger partial charge in [-0.15, -0.1) is 0 Å². The number of amides is 1. The lowest BCUT2D eigenvalue weighted by Gasteiger charge is -2.37. The Kier molecular flexibility index (Phi) is 4.06. The van der Waals surface area contributed by atoms with Gasteiger partial charge in [0.05, 0.1) is 5.92 Å². The molecule has 0 spiro atoms. The minimum atomic E-state index is -0.107. The Labute approximate surface area is 128 Å². The number of aryl methyl sites for hydroxylation is 1. The van der Waals surface area contributed by atoms with Gasteiger partial charge >= 0.3 is 0 Å². The Balaban J connectivity index is 1.81. The Bertz CT molecular complexity index is 613. The smallest absolute Gasteiger partial charge is 0.257 e. The molecule has 1 fully saturated rings. The fraction of sp³-hybridized carbons (Fsp3) is 0.667. The Morgan fingerprint density at radius 1 is 1.43 bits per heavy atom. The zero-order valence-corrected chi connectivity index (χ0v) is 13.4. The van der Waals surface area contributed by atoms with Gasteiger partial charge in [0.25, 0.3) is 5.56 Å². The molecule has 2 aliphatic heterocycles. The largest absolute Gasteiger partial charge is 0.340 e. The third-order valence-corrected chi connectivity index (χ3v) is 5.59. The number of fused-ring (bicyclic) bond motifs is 1. The summed E-state index contributed by atoms with van der Waals surface area (Å²) in [6.07, 6.45) is 5.00. The summed E-state index contributed by atoms with van der Waals surface area (Å²) >= 11 is 1.52. The van der Waals surface area contributed by atoms with Crippen molar-refractivity contribution >= 4 is 17.7 Å². The van der Waals surface area contributed by atoms with Crippen molar-refractivity contribution in [2.45, 2.75) is 50.9 Å². The topological polar surface area (TPSA) is 55.2 Å². The average molecular weight is 307 g/mol. The number of piperidine rings is 1. The number of hydrogen-bond donors (Lipinski definition) is 0. The number of hydrogen-bond acceptors (Lipinski definition) is 4. The molecule has 3 heterocycles. The number of carbonyl (C=O) groups excluding carboxylic acids is 1. The Morgan fingerprint density at radius 3 is 3.00 bits per heavy atom. The summed E-state index contributed by atoms with van der Waals surface area (Å²) in [6.45, 7) is 5.22. The Hall–Kier alpha value is -1.30. The number of thioether (sulfide) groups is 1. The summed E-state index contributed by atoms with van der Waals surface area (Å²) in [4.78, 5) is 31.3. The van der Waals surface area contributed by atoms with Crippen LogP contribution in [-0.2, 0) is 11.3 Å². The minimum absolute atomic E-state index is 0.0170. The standard InChI is InChI=1S/C15H21N3O2S/c1-10-7-16-15-18(13(10)19)8-12(9-21-15)14(20)17-6-4-3-5-11(17)2/h7,11-12H,3-6,8-9H2,1-2H3. The predicted octanol–water partition coefficient (Wildman–Crippen LogP) is 1.67. The molecule has 1 saturated heterocycles. The molecule has 5 nitrogen and oxygen atoms in total. The summed E-state index contributed by atoms with van der Waals surface area (Å²) < 4.78 is 1.67. The quantitative estimate of drug-likeness (QED) is 0.741. The zero-order valence-electron chi connectivity index (χ0n) is 12.5. The molecule has 1 aromatic heterocycles.